The first kappa shape index (κ1) is 17.5. The Hall–Kier alpha value is -2.34. The number of ether oxygens (including phenoxy) is 1. The van der Waals surface area contributed by atoms with Gasteiger partial charge in [-0.25, -0.2) is 0 Å². The van der Waals surface area contributed by atoms with E-state index >= 15 is 0 Å². The summed E-state index contributed by atoms with van der Waals surface area (Å²) in [6.45, 7) is 4.12. The minimum Gasteiger partial charge on any atom is -0.491 e. The molecule has 1 heterocycles. The van der Waals surface area contributed by atoms with Crippen molar-refractivity contribution in [2.45, 2.75) is 51.2 Å². The number of aliphatic hydroxyl groups is 1. The fraction of sp³-hybridized carbons (Fsp3) is 0.474. The minimum atomic E-state index is -0.746. The molecule has 1 aliphatic carbocycles. The zero-order valence-electron chi connectivity index (χ0n) is 14.7. The molecule has 2 aromatic rings. The highest BCUT2D eigenvalue weighted by molar-refractivity contribution is 5.84. The van der Waals surface area contributed by atoms with Crippen LogP contribution in [0.2, 0.25) is 0 Å². The number of aryl methyl sites for hydroxylation is 1. The van der Waals surface area contributed by atoms with E-state index in [4.69, 9.17) is 4.74 Å². The van der Waals surface area contributed by atoms with Gasteiger partial charge in [0.2, 0.25) is 5.91 Å². The molecule has 134 valence electrons. The van der Waals surface area contributed by atoms with Gasteiger partial charge in [-0.3, -0.25) is 9.89 Å². The molecule has 0 bridgehead atoms. The number of nitrogens with one attached hydrogen (secondary N) is 2. The van der Waals surface area contributed by atoms with E-state index in [1.165, 1.54) is 0 Å². The number of aromatic nitrogens is 2. The number of H-pyrrole nitrogens is 1. The Balaban J connectivity index is 1.56. The predicted octanol–water partition coefficient (Wildman–Crippen LogP) is 2.47. The molecule has 0 radical (unpaired) electrons. The highest BCUT2D eigenvalue weighted by Gasteiger charge is 2.28. The van der Waals surface area contributed by atoms with Gasteiger partial charge in [-0.1, -0.05) is 12.1 Å². The topological polar surface area (TPSA) is 87.2 Å². The number of aliphatic hydroxyl groups excluding tert-OH is 1. The molecule has 1 aromatic carbocycles. The highest BCUT2D eigenvalue weighted by Crippen LogP contribution is 2.30. The molecule has 0 spiro atoms. The summed E-state index contributed by atoms with van der Waals surface area (Å²) in [7, 11) is 0. The molecule has 3 rings (SSSR count). The average Bonchev–Trinajstić information content (AvgIpc) is 3.08. The summed E-state index contributed by atoms with van der Waals surface area (Å²) in [4.78, 5) is 12.5. The number of rotatable bonds is 6. The number of nitrogens with zero attached hydrogens (tertiary/aromatic N) is 1. The van der Waals surface area contributed by atoms with Gasteiger partial charge in [0.15, 0.2) is 0 Å². The molecule has 0 saturated carbocycles. The second-order valence-electron chi connectivity index (χ2n) is 6.75. The van der Waals surface area contributed by atoms with Gasteiger partial charge in [-0.05, 0) is 50.8 Å². The molecule has 6 nitrogen and oxygen atoms in total. The van der Waals surface area contributed by atoms with Crippen LogP contribution in [-0.4, -0.2) is 33.9 Å². The SMILES string of the molecule is CC(C)Oc1ccc(C(O)CNC(=O)C2CCCc3[nH]ncc32)cc1. The maximum atomic E-state index is 12.5. The molecule has 2 atom stereocenters. The monoisotopic (exact) mass is 343 g/mol. The van der Waals surface area contributed by atoms with Crippen LogP contribution in [0, 0.1) is 0 Å². The second-order valence-corrected chi connectivity index (χ2v) is 6.75. The first-order chi connectivity index (χ1) is 12.0. The van der Waals surface area contributed by atoms with Crippen molar-refractivity contribution in [3.05, 3.63) is 47.3 Å². The summed E-state index contributed by atoms with van der Waals surface area (Å²) in [5.74, 6) is 0.530. The van der Waals surface area contributed by atoms with Crippen LogP contribution < -0.4 is 10.1 Å². The molecule has 0 fully saturated rings. The fourth-order valence-corrected chi connectivity index (χ4v) is 3.21. The van der Waals surface area contributed by atoms with E-state index in [9.17, 15) is 9.90 Å². The molecule has 1 amide bonds. The summed E-state index contributed by atoms with van der Waals surface area (Å²) in [6, 6.07) is 7.31. The Kier molecular flexibility index (Phi) is 5.38. The van der Waals surface area contributed by atoms with Crippen LogP contribution in [0.25, 0.3) is 0 Å². The van der Waals surface area contributed by atoms with E-state index in [0.29, 0.717) is 0 Å². The third kappa shape index (κ3) is 4.20. The number of benzene rings is 1. The molecule has 3 N–H and O–H groups in total. The van der Waals surface area contributed by atoms with Crippen molar-refractivity contribution in [3.8, 4) is 5.75 Å². The van der Waals surface area contributed by atoms with Crippen LogP contribution in [0.3, 0.4) is 0 Å². The molecule has 6 heteroatoms. The van der Waals surface area contributed by atoms with E-state index in [1.54, 1.807) is 6.20 Å². The van der Waals surface area contributed by atoms with Crippen molar-refractivity contribution < 1.29 is 14.6 Å². The zero-order chi connectivity index (χ0) is 17.8. The van der Waals surface area contributed by atoms with Crippen LogP contribution in [0.4, 0.5) is 0 Å². The third-order valence-electron chi connectivity index (χ3n) is 4.47. The van der Waals surface area contributed by atoms with Crippen molar-refractivity contribution >= 4 is 5.91 Å². The number of carbonyl (C=O) groups excluding carboxylic acids is 1. The van der Waals surface area contributed by atoms with Crippen LogP contribution >= 0.6 is 0 Å². The van der Waals surface area contributed by atoms with Crippen molar-refractivity contribution in [2.24, 2.45) is 0 Å². The van der Waals surface area contributed by atoms with Gasteiger partial charge in [0.05, 0.1) is 24.3 Å². The quantitative estimate of drug-likeness (QED) is 0.752. The normalized spacial score (nSPS) is 17.8. The van der Waals surface area contributed by atoms with Crippen molar-refractivity contribution in [2.75, 3.05) is 6.54 Å². The average molecular weight is 343 g/mol. The van der Waals surface area contributed by atoms with Crippen molar-refractivity contribution in [1.29, 1.82) is 0 Å². The van der Waals surface area contributed by atoms with Crippen LogP contribution in [0.1, 0.15) is 55.5 Å². The van der Waals surface area contributed by atoms with E-state index in [2.05, 4.69) is 15.5 Å². The van der Waals surface area contributed by atoms with Crippen LogP contribution in [-0.2, 0) is 11.2 Å². The third-order valence-corrected chi connectivity index (χ3v) is 4.47. The van der Waals surface area contributed by atoms with Crippen molar-refractivity contribution in [3.63, 3.8) is 0 Å². The van der Waals surface area contributed by atoms with Crippen LogP contribution in [0.5, 0.6) is 5.75 Å². The number of carbonyl (C=O) groups is 1. The van der Waals surface area contributed by atoms with Gasteiger partial charge in [0.1, 0.15) is 5.75 Å². The molecular weight excluding hydrogens is 318 g/mol. The lowest BCUT2D eigenvalue weighted by Gasteiger charge is -2.22. The molecule has 25 heavy (non-hydrogen) atoms. The molecular formula is C19H25N3O3. The number of aromatic amines is 1. The van der Waals surface area contributed by atoms with Crippen molar-refractivity contribution in [1.82, 2.24) is 15.5 Å². The smallest absolute Gasteiger partial charge is 0.227 e. The van der Waals surface area contributed by atoms with Gasteiger partial charge in [0.25, 0.3) is 0 Å². The summed E-state index contributed by atoms with van der Waals surface area (Å²) in [6.07, 6.45) is 3.82. The number of amides is 1. The lowest BCUT2D eigenvalue weighted by atomic mass is 9.86. The maximum Gasteiger partial charge on any atom is 0.227 e. The Morgan fingerprint density at radius 2 is 2.16 bits per heavy atom. The molecule has 0 saturated heterocycles. The predicted molar refractivity (Wildman–Crippen MR) is 94.4 cm³/mol. The Morgan fingerprint density at radius 3 is 2.88 bits per heavy atom. The van der Waals surface area contributed by atoms with Gasteiger partial charge in [-0.2, -0.15) is 5.10 Å². The number of fused-ring (bicyclic) bond motifs is 1. The first-order valence-corrected chi connectivity index (χ1v) is 8.79. The summed E-state index contributed by atoms with van der Waals surface area (Å²) < 4.78 is 5.59. The second kappa shape index (κ2) is 7.70. The van der Waals surface area contributed by atoms with E-state index in [0.717, 1.165) is 41.8 Å². The first-order valence-electron chi connectivity index (χ1n) is 8.79. The maximum absolute atomic E-state index is 12.5. The largest absolute Gasteiger partial charge is 0.491 e. The standard InChI is InChI=1S/C19H25N3O3/c1-12(2)25-14-8-6-13(7-9-14)18(23)11-20-19(24)15-4-3-5-17-16(15)10-21-22-17/h6-10,12,15,18,23H,3-5,11H2,1-2H3,(H,20,24)(H,21,22). The minimum absolute atomic E-state index is 0.0545. The zero-order valence-corrected chi connectivity index (χ0v) is 14.7. The van der Waals surface area contributed by atoms with E-state index < -0.39 is 6.10 Å². The number of hydrogen-bond acceptors (Lipinski definition) is 4. The Labute approximate surface area is 147 Å². The highest BCUT2D eigenvalue weighted by atomic mass is 16.5. The van der Waals surface area contributed by atoms with Gasteiger partial charge < -0.3 is 15.2 Å². The number of hydrogen-bond donors (Lipinski definition) is 3. The van der Waals surface area contributed by atoms with Gasteiger partial charge in [0, 0.05) is 17.8 Å². The Bertz CT molecular complexity index is 709. The summed E-state index contributed by atoms with van der Waals surface area (Å²) in [5, 5.41) is 20.2. The lowest BCUT2D eigenvalue weighted by molar-refractivity contribution is -0.123. The lowest BCUT2D eigenvalue weighted by Crippen LogP contribution is -2.34. The van der Waals surface area contributed by atoms with Crippen LogP contribution in [0.15, 0.2) is 30.5 Å². The molecule has 1 aliphatic rings. The molecule has 2 unspecified atom stereocenters. The Morgan fingerprint density at radius 1 is 1.40 bits per heavy atom. The van der Waals surface area contributed by atoms with Gasteiger partial charge in [-0.15, -0.1) is 0 Å². The summed E-state index contributed by atoms with van der Waals surface area (Å²) in [5.41, 5.74) is 2.78. The van der Waals surface area contributed by atoms with E-state index in [-0.39, 0.29) is 24.5 Å². The molecule has 0 aliphatic heterocycles. The fourth-order valence-electron chi connectivity index (χ4n) is 3.21. The van der Waals surface area contributed by atoms with E-state index in [1.807, 2.05) is 38.1 Å². The molecule has 1 aromatic heterocycles. The van der Waals surface area contributed by atoms with Gasteiger partial charge >= 0.3 is 0 Å². The summed E-state index contributed by atoms with van der Waals surface area (Å²) >= 11 is 0.